The fourth-order valence-electron chi connectivity index (χ4n) is 10.9. The maximum atomic E-state index is 7.46. The highest BCUT2D eigenvalue weighted by atomic mass is 16.3. The van der Waals surface area contributed by atoms with Gasteiger partial charge in [0.2, 0.25) is 0 Å². The smallest absolute Gasteiger partial charge is 0.159 e. The van der Waals surface area contributed by atoms with Crippen molar-refractivity contribution < 1.29 is 4.42 Å². The third-order valence-electron chi connectivity index (χ3n) is 14.2. The summed E-state index contributed by atoms with van der Waals surface area (Å²) in [4.78, 5) is 7.30. The monoisotopic (exact) mass is 917 g/mol. The Morgan fingerprint density at radius 1 is 0.500 bits per heavy atom. The van der Waals surface area contributed by atoms with Gasteiger partial charge in [0.25, 0.3) is 0 Å². The average molecular weight is 918 g/mol. The van der Waals surface area contributed by atoms with E-state index in [1.807, 2.05) is 30.5 Å². The molecule has 336 valence electrons. The van der Waals surface area contributed by atoms with Crippen LogP contribution in [0.15, 0.2) is 277 Å². The van der Waals surface area contributed by atoms with Gasteiger partial charge >= 0.3 is 0 Å². The van der Waals surface area contributed by atoms with E-state index in [9.17, 15) is 0 Å². The first-order valence-electron chi connectivity index (χ1n) is 24.4. The zero-order valence-electron chi connectivity index (χ0n) is 39.1. The number of allylic oxidation sites excluding steroid dienone is 6. The number of benzene rings is 10. The number of fused-ring (bicyclic) bond motifs is 9. The maximum Gasteiger partial charge on any atom is 0.159 e. The minimum atomic E-state index is 0.765. The highest BCUT2D eigenvalue weighted by Gasteiger charge is 2.25. The fourth-order valence-corrected chi connectivity index (χ4v) is 10.9. The third-order valence-corrected chi connectivity index (χ3v) is 14.2. The van der Waals surface area contributed by atoms with Crippen LogP contribution in [0.4, 0.5) is 17.2 Å². The second-order valence-electron chi connectivity index (χ2n) is 18.4. The van der Waals surface area contributed by atoms with Gasteiger partial charge in [0.1, 0.15) is 11.4 Å². The topological polar surface area (TPSA) is 34.2 Å². The summed E-state index contributed by atoms with van der Waals surface area (Å²) in [5.41, 5.74) is 16.7. The summed E-state index contributed by atoms with van der Waals surface area (Å²) in [6.45, 7) is 0. The molecule has 10 aromatic carbocycles. The van der Waals surface area contributed by atoms with Crippen molar-refractivity contribution in [2.45, 2.75) is 0 Å². The molecule has 0 aliphatic heterocycles. The van der Waals surface area contributed by atoms with Crippen molar-refractivity contribution in [1.82, 2.24) is 9.55 Å². The van der Waals surface area contributed by atoms with E-state index >= 15 is 0 Å². The molecule has 0 radical (unpaired) electrons. The minimum absolute atomic E-state index is 0.765. The molecular formula is C68H43N3O. The maximum absolute atomic E-state index is 7.46. The van der Waals surface area contributed by atoms with Crippen LogP contribution < -0.4 is 4.90 Å². The Bertz CT molecular complexity index is 4490. The standard InChI is InChI=1S/C68H43N3O/c1-2-4-19-45(18-3-1)40-60(56-30-15-24-47-21-7-9-26-53(47)56)51-42-61-59-31-17-29-55(50-36-38-58-57-28-11-12-32-63(57)71(64(58)43-50)62-33-16-25-48-22-8-10-27-54(48)62)67(59)72-68(61)65(44-51)70(66-34-13-14-39-69-66)52-37-35-46-20-5-6-23-49(46)41-52/h1-18,20-44H/b60-40-. The fraction of sp³-hybridized carbons (Fsp3) is 0. The lowest BCUT2D eigenvalue weighted by Crippen LogP contribution is -2.12. The first kappa shape index (κ1) is 41.3. The van der Waals surface area contributed by atoms with Crippen molar-refractivity contribution in [2.24, 2.45) is 0 Å². The molecule has 0 atom stereocenters. The Labute approximate surface area is 416 Å². The summed E-state index contributed by atoms with van der Waals surface area (Å²) in [7, 11) is 0. The van der Waals surface area contributed by atoms with E-state index in [-0.39, 0.29) is 0 Å². The lowest BCUT2D eigenvalue weighted by atomic mass is 9.90. The van der Waals surface area contributed by atoms with Crippen molar-refractivity contribution in [3.8, 4) is 16.8 Å². The molecule has 0 unspecified atom stereocenters. The summed E-state index contributed by atoms with van der Waals surface area (Å²) in [6, 6.07) is 78.5. The predicted octanol–water partition coefficient (Wildman–Crippen LogP) is 18.3. The normalized spacial score (nSPS) is 12.8. The van der Waals surface area contributed by atoms with E-state index in [0.717, 1.165) is 89.1 Å². The van der Waals surface area contributed by atoms with Crippen LogP contribution in [0.3, 0.4) is 0 Å². The SMILES string of the molecule is C1=CC=CC=CC=1/C=C(/c1cc(N(c2ccc3ccccc3c2)c2ccccn2)c2oc3c(-c4ccc5c6ccccc6n(-c6cccc7ccccc67)c5c4)cccc3c2c1)c1cccc2ccccc12. The van der Waals surface area contributed by atoms with Crippen LogP contribution in [0.5, 0.6) is 0 Å². The van der Waals surface area contributed by atoms with Gasteiger partial charge in [-0.3, -0.25) is 4.90 Å². The molecule has 0 saturated carbocycles. The van der Waals surface area contributed by atoms with Gasteiger partial charge in [-0.1, -0.05) is 182 Å². The molecule has 72 heavy (non-hydrogen) atoms. The summed E-state index contributed by atoms with van der Waals surface area (Å²) in [6.07, 6.45) is 14.4. The predicted molar refractivity (Wildman–Crippen MR) is 302 cm³/mol. The molecule has 3 aromatic heterocycles. The number of aromatic nitrogens is 2. The van der Waals surface area contributed by atoms with Crippen molar-refractivity contribution in [1.29, 1.82) is 0 Å². The van der Waals surface area contributed by atoms with E-state index in [4.69, 9.17) is 9.40 Å². The number of pyridine rings is 1. The Hall–Kier alpha value is -9.73. The summed E-state index contributed by atoms with van der Waals surface area (Å²) >= 11 is 0. The first-order chi connectivity index (χ1) is 35.7. The van der Waals surface area contributed by atoms with E-state index in [0.29, 0.717) is 0 Å². The number of hydrogen-bond donors (Lipinski definition) is 0. The Morgan fingerprint density at radius 3 is 2.10 bits per heavy atom. The second-order valence-corrected chi connectivity index (χ2v) is 18.4. The average Bonchev–Trinajstić information content (AvgIpc) is 3.86. The summed E-state index contributed by atoms with van der Waals surface area (Å²) in [5, 5.41) is 11.5. The molecular weight excluding hydrogens is 875 g/mol. The number of hydrogen-bond acceptors (Lipinski definition) is 3. The molecule has 0 amide bonds. The van der Waals surface area contributed by atoms with Gasteiger partial charge in [0.05, 0.1) is 22.4 Å². The molecule has 14 rings (SSSR count). The van der Waals surface area contributed by atoms with Crippen LogP contribution in [0.25, 0.3) is 98.4 Å². The molecule has 4 heteroatoms. The van der Waals surface area contributed by atoms with E-state index in [1.54, 1.807) is 0 Å². The van der Waals surface area contributed by atoms with Crippen LogP contribution in [0, 0.1) is 0 Å². The lowest BCUT2D eigenvalue weighted by molar-refractivity contribution is 0.670. The van der Waals surface area contributed by atoms with Gasteiger partial charge in [-0.15, -0.1) is 5.73 Å². The molecule has 4 nitrogen and oxygen atoms in total. The first-order valence-corrected chi connectivity index (χ1v) is 24.4. The third kappa shape index (κ3) is 6.89. The Kier molecular flexibility index (Phi) is 9.77. The van der Waals surface area contributed by atoms with Gasteiger partial charge in [0, 0.05) is 50.0 Å². The van der Waals surface area contributed by atoms with Crippen LogP contribution in [0.1, 0.15) is 11.1 Å². The number of furan rings is 1. The molecule has 1 aliphatic rings. The van der Waals surface area contributed by atoms with Crippen molar-refractivity contribution in [2.75, 3.05) is 4.90 Å². The zero-order chi connectivity index (χ0) is 47.5. The Balaban J connectivity index is 1.06. The van der Waals surface area contributed by atoms with Crippen molar-refractivity contribution in [3.63, 3.8) is 0 Å². The van der Waals surface area contributed by atoms with E-state index in [1.165, 1.54) is 43.2 Å². The molecule has 0 fully saturated rings. The van der Waals surface area contributed by atoms with Gasteiger partial charge in [0.15, 0.2) is 5.58 Å². The number of rotatable bonds is 8. The van der Waals surface area contributed by atoms with Crippen molar-refractivity contribution >= 4 is 98.8 Å². The molecule has 1 aliphatic carbocycles. The zero-order valence-corrected chi connectivity index (χ0v) is 39.1. The second kappa shape index (κ2) is 17.0. The van der Waals surface area contributed by atoms with Crippen LogP contribution in [-0.4, -0.2) is 9.55 Å². The highest BCUT2D eigenvalue weighted by molar-refractivity contribution is 6.17. The van der Waals surface area contributed by atoms with Gasteiger partial charge < -0.3 is 8.98 Å². The van der Waals surface area contributed by atoms with Crippen LogP contribution in [-0.2, 0) is 0 Å². The quantitative estimate of drug-likeness (QED) is 0.142. The van der Waals surface area contributed by atoms with E-state index < -0.39 is 0 Å². The minimum Gasteiger partial charge on any atom is -0.453 e. The number of nitrogens with zero attached hydrogens (tertiary/aromatic N) is 3. The van der Waals surface area contributed by atoms with Crippen LogP contribution >= 0.6 is 0 Å². The van der Waals surface area contributed by atoms with Gasteiger partial charge in [-0.05, 0) is 122 Å². The molecule has 3 heterocycles. The largest absolute Gasteiger partial charge is 0.453 e. The van der Waals surface area contributed by atoms with Crippen molar-refractivity contribution in [3.05, 3.63) is 283 Å². The van der Waals surface area contributed by atoms with Crippen LogP contribution in [0.2, 0.25) is 0 Å². The number of para-hydroxylation sites is 2. The molecule has 0 spiro atoms. The Morgan fingerprint density at radius 2 is 1.22 bits per heavy atom. The summed E-state index contributed by atoms with van der Waals surface area (Å²) < 4.78 is 9.89. The van der Waals surface area contributed by atoms with Gasteiger partial charge in [-0.25, -0.2) is 4.98 Å². The lowest BCUT2D eigenvalue weighted by Gasteiger charge is -2.26. The number of anilines is 3. The molecule has 0 saturated heterocycles. The molecule has 0 bridgehead atoms. The highest BCUT2D eigenvalue weighted by Crippen LogP contribution is 2.47. The van der Waals surface area contributed by atoms with E-state index in [2.05, 4.69) is 246 Å². The molecule has 13 aromatic rings. The van der Waals surface area contributed by atoms with Gasteiger partial charge in [-0.2, -0.15) is 0 Å². The summed E-state index contributed by atoms with van der Waals surface area (Å²) in [5.74, 6) is 0.776. The molecule has 0 N–H and O–H groups in total.